The Hall–Kier alpha value is -0.795. The number of aryl methyl sites for hydroxylation is 1. The summed E-state index contributed by atoms with van der Waals surface area (Å²) < 4.78 is 4.60. The molecule has 4 heteroatoms. The van der Waals surface area contributed by atoms with Gasteiger partial charge in [-0.25, -0.2) is 4.98 Å². The fraction of sp³-hybridized carbons (Fsp3) is 0.333. The van der Waals surface area contributed by atoms with Gasteiger partial charge in [0.1, 0.15) is 5.72 Å². The Labute approximate surface area is 42.1 Å². The maximum Gasteiger partial charge on any atom is 0.222 e. The first-order valence-corrected chi connectivity index (χ1v) is 2.06. The first-order chi connectivity index (χ1) is 3.29. The van der Waals surface area contributed by atoms with Gasteiger partial charge in [-0.3, -0.25) is 0 Å². The molecule has 0 saturated heterocycles. The largest absolute Gasteiger partial charge is 0.341 e. The van der Waals surface area contributed by atoms with E-state index in [9.17, 15) is 0 Å². The molecule has 0 fully saturated rings. The maximum atomic E-state index is 4.60. The molecular formula is C3H5BN2O. The number of hydrogen-bond donors (Lipinski definition) is 0. The standard InChI is InChI=1S/C3H5BN2O/c1-2-5-3(4)6-7-2/h4H2,1H3. The number of hydrogen-bond acceptors (Lipinski definition) is 3. The minimum Gasteiger partial charge on any atom is -0.341 e. The Morgan fingerprint density at radius 2 is 2.43 bits per heavy atom. The Morgan fingerprint density at radius 3 is 2.57 bits per heavy atom. The van der Waals surface area contributed by atoms with Gasteiger partial charge in [-0.15, -0.1) is 0 Å². The van der Waals surface area contributed by atoms with Crippen LogP contribution in [0.25, 0.3) is 0 Å². The molecule has 7 heavy (non-hydrogen) atoms. The van der Waals surface area contributed by atoms with Gasteiger partial charge in [0, 0.05) is 6.92 Å². The molecule has 0 aromatic carbocycles. The SMILES string of the molecule is Bc1noc(C)n1. The van der Waals surface area contributed by atoms with Gasteiger partial charge in [0.2, 0.25) is 5.89 Å². The molecule has 0 atom stereocenters. The zero-order chi connectivity index (χ0) is 5.28. The van der Waals surface area contributed by atoms with Crippen molar-refractivity contribution >= 4 is 13.6 Å². The molecule has 3 nitrogen and oxygen atoms in total. The highest BCUT2D eigenvalue weighted by Gasteiger charge is 1.89. The van der Waals surface area contributed by atoms with Gasteiger partial charge in [0.15, 0.2) is 7.85 Å². The van der Waals surface area contributed by atoms with Crippen LogP contribution in [0.4, 0.5) is 0 Å². The third-order valence-electron chi connectivity index (χ3n) is 0.629. The molecule has 1 aromatic rings. The molecule has 0 amide bonds. The van der Waals surface area contributed by atoms with E-state index in [0.717, 1.165) is 0 Å². The van der Waals surface area contributed by atoms with Crippen molar-refractivity contribution in [1.82, 2.24) is 10.1 Å². The molecule has 0 saturated carbocycles. The lowest BCUT2D eigenvalue weighted by atomic mass is 10.1. The zero-order valence-corrected chi connectivity index (χ0v) is 4.30. The van der Waals surface area contributed by atoms with Crippen LogP contribution in [0.15, 0.2) is 4.52 Å². The Bertz CT molecular complexity index is 145. The van der Waals surface area contributed by atoms with E-state index in [4.69, 9.17) is 0 Å². The van der Waals surface area contributed by atoms with Gasteiger partial charge >= 0.3 is 0 Å². The summed E-state index contributed by atoms with van der Waals surface area (Å²) in [6.45, 7) is 1.76. The molecule has 0 aliphatic heterocycles. The van der Waals surface area contributed by atoms with Crippen LogP contribution in [-0.2, 0) is 0 Å². The fourth-order valence-corrected chi connectivity index (χ4v) is 0.401. The molecule has 0 N–H and O–H groups in total. The fourth-order valence-electron chi connectivity index (χ4n) is 0.401. The second-order valence-electron chi connectivity index (χ2n) is 1.36. The lowest BCUT2D eigenvalue weighted by Crippen LogP contribution is -2.05. The van der Waals surface area contributed by atoms with E-state index in [1.165, 1.54) is 0 Å². The molecule has 0 aliphatic rings. The summed E-state index contributed by atoms with van der Waals surface area (Å²) in [5.41, 5.74) is 0.692. The van der Waals surface area contributed by atoms with Crippen molar-refractivity contribution in [3.63, 3.8) is 0 Å². The number of aromatic nitrogens is 2. The summed E-state index contributed by atoms with van der Waals surface area (Å²) >= 11 is 0. The third kappa shape index (κ3) is 0.794. The van der Waals surface area contributed by atoms with Crippen LogP contribution >= 0.6 is 0 Å². The first-order valence-electron chi connectivity index (χ1n) is 2.06. The van der Waals surface area contributed by atoms with E-state index < -0.39 is 0 Å². The van der Waals surface area contributed by atoms with E-state index in [1.54, 1.807) is 14.8 Å². The number of rotatable bonds is 0. The average Bonchev–Trinajstić information content (AvgIpc) is 1.87. The summed E-state index contributed by atoms with van der Waals surface area (Å²) in [6.07, 6.45) is 0. The van der Waals surface area contributed by atoms with Crippen LogP contribution in [0.5, 0.6) is 0 Å². The first kappa shape index (κ1) is 4.37. The van der Waals surface area contributed by atoms with Crippen molar-refractivity contribution in [2.45, 2.75) is 6.92 Å². The van der Waals surface area contributed by atoms with Crippen LogP contribution in [-0.4, -0.2) is 18.0 Å². The Kier molecular flexibility index (Phi) is 0.853. The molecule has 0 unspecified atom stereocenters. The maximum absolute atomic E-state index is 4.60. The van der Waals surface area contributed by atoms with Gasteiger partial charge in [-0.1, -0.05) is 5.16 Å². The normalized spacial score (nSPS) is 9.29. The second-order valence-corrected chi connectivity index (χ2v) is 1.36. The minimum atomic E-state index is 0.623. The molecule has 0 spiro atoms. The van der Waals surface area contributed by atoms with Crippen LogP contribution in [0.3, 0.4) is 0 Å². The molecule has 1 heterocycles. The van der Waals surface area contributed by atoms with E-state index in [-0.39, 0.29) is 0 Å². The van der Waals surface area contributed by atoms with E-state index >= 15 is 0 Å². The molecule has 1 rings (SSSR count). The monoisotopic (exact) mass is 96.0 g/mol. The van der Waals surface area contributed by atoms with Crippen molar-refractivity contribution in [2.75, 3.05) is 0 Å². The molecule has 0 radical (unpaired) electrons. The van der Waals surface area contributed by atoms with E-state index in [1.807, 2.05) is 0 Å². The summed E-state index contributed by atoms with van der Waals surface area (Å²) in [7, 11) is 1.79. The zero-order valence-electron chi connectivity index (χ0n) is 4.30. The van der Waals surface area contributed by atoms with Gasteiger partial charge in [0.25, 0.3) is 0 Å². The van der Waals surface area contributed by atoms with Crippen LogP contribution in [0, 0.1) is 6.92 Å². The van der Waals surface area contributed by atoms with Crippen molar-refractivity contribution in [3.05, 3.63) is 5.89 Å². The summed E-state index contributed by atoms with van der Waals surface area (Å²) in [6, 6.07) is 0. The van der Waals surface area contributed by atoms with Gasteiger partial charge in [0.05, 0.1) is 0 Å². The third-order valence-corrected chi connectivity index (χ3v) is 0.629. The van der Waals surface area contributed by atoms with Crippen molar-refractivity contribution in [1.29, 1.82) is 0 Å². The second kappa shape index (κ2) is 1.37. The average molecular weight is 95.9 g/mol. The topological polar surface area (TPSA) is 38.9 Å². The smallest absolute Gasteiger partial charge is 0.222 e. The summed E-state index contributed by atoms with van der Waals surface area (Å²) in [5.74, 6) is 0.623. The van der Waals surface area contributed by atoms with Crippen molar-refractivity contribution < 1.29 is 4.52 Å². The molecular weight excluding hydrogens is 90.9 g/mol. The molecule has 0 bridgehead atoms. The lowest BCUT2D eigenvalue weighted by Gasteiger charge is -1.64. The predicted molar refractivity (Wildman–Crippen MR) is 27.2 cm³/mol. The predicted octanol–water partition coefficient (Wildman–Crippen LogP) is -1.36. The minimum absolute atomic E-state index is 0.623. The Balaban J connectivity index is 3.04. The van der Waals surface area contributed by atoms with Crippen LogP contribution in [0.2, 0.25) is 0 Å². The van der Waals surface area contributed by atoms with Gasteiger partial charge in [-0.2, -0.15) is 0 Å². The van der Waals surface area contributed by atoms with Crippen molar-refractivity contribution in [2.24, 2.45) is 0 Å². The van der Waals surface area contributed by atoms with E-state index in [0.29, 0.717) is 11.6 Å². The van der Waals surface area contributed by atoms with Crippen LogP contribution in [0.1, 0.15) is 5.89 Å². The van der Waals surface area contributed by atoms with Crippen LogP contribution < -0.4 is 5.72 Å². The highest BCUT2D eigenvalue weighted by molar-refractivity contribution is 6.28. The molecule has 1 aromatic heterocycles. The quantitative estimate of drug-likeness (QED) is 0.374. The highest BCUT2D eigenvalue weighted by Crippen LogP contribution is 1.78. The summed E-state index contributed by atoms with van der Waals surface area (Å²) in [4.78, 5) is 3.83. The molecule has 36 valence electrons. The van der Waals surface area contributed by atoms with Gasteiger partial charge in [-0.05, 0) is 0 Å². The lowest BCUT2D eigenvalue weighted by molar-refractivity contribution is 0.396. The molecule has 0 aliphatic carbocycles. The van der Waals surface area contributed by atoms with Gasteiger partial charge < -0.3 is 4.52 Å². The van der Waals surface area contributed by atoms with E-state index in [2.05, 4.69) is 14.7 Å². The summed E-state index contributed by atoms with van der Waals surface area (Å²) in [5, 5.41) is 3.53. The Morgan fingerprint density at radius 1 is 1.71 bits per heavy atom. The number of nitrogens with zero attached hydrogens (tertiary/aromatic N) is 2. The van der Waals surface area contributed by atoms with Crippen molar-refractivity contribution in [3.8, 4) is 0 Å². The highest BCUT2D eigenvalue weighted by atomic mass is 16.5.